The van der Waals surface area contributed by atoms with Crippen LogP contribution in [0.3, 0.4) is 0 Å². The number of rotatable bonds is 11. The van der Waals surface area contributed by atoms with Gasteiger partial charge in [0.25, 0.3) is 11.8 Å². The molecular weight excluding hydrogens is 539 g/mol. The average molecular weight is 561 g/mol. The Morgan fingerprint density at radius 1 is 1.19 bits per heavy atom. The van der Waals surface area contributed by atoms with Crippen LogP contribution in [0.2, 0.25) is 0 Å². The van der Waals surface area contributed by atoms with Crippen LogP contribution in [0.1, 0.15) is 48.4 Å². The number of ether oxygens (including phenoxy) is 1. The Hall–Kier alpha value is -4.87. The molecule has 3 aromatic rings. The zero-order chi connectivity index (χ0) is 30.1. The summed E-state index contributed by atoms with van der Waals surface area (Å²) < 4.78 is 11.2. The minimum Gasteiger partial charge on any atom is -0.494 e. The second-order valence-electron chi connectivity index (χ2n) is 10.0. The van der Waals surface area contributed by atoms with Crippen LogP contribution < -0.4 is 26.0 Å². The first-order valence-electron chi connectivity index (χ1n) is 12.9. The molecule has 1 aromatic carbocycles. The number of benzene rings is 1. The van der Waals surface area contributed by atoms with Crippen LogP contribution in [0.15, 0.2) is 28.8 Å². The van der Waals surface area contributed by atoms with Crippen molar-refractivity contribution in [1.82, 2.24) is 31.0 Å². The Morgan fingerprint density at radius 3 is 2.60 bits per heavy atom. The number of para-hydroxylation sites is 1. The predicted octanol–water partition coefficient (Wildman–Crippen LogP) is 0.493. The van der Waals surface area contributed by atoms with E-state index in [0.29, 0.717) is 24.1 Å². The van der Waals surface area contributed by atoms with Gasteiger partial charge in [0.15, 0.2) is 23.1 Å². The van der Waals surface area contributed by atoms with Gasteiger partial charge in [-0.3, -0.25) is 14.4 Å². The van der Waals surface area contributed by atoms with Gasteiger partial charge in [-0.05, 0) is 37.8 Å². The third-order valence-electron chi connectivity index (χ3n) is 6.48. The second kappa shape index (κ2) is 11.2. The fourth-order valence-electron chi connectivity index (χ4n) is 4.15. The largest absolute Gasteiger partial charge is 0.494 e. The zero-order valence-corrected chi connectivity index (χ0v) is 22.4. The highest BCUT2D eigenvalue weighted by Crippen LogP contribution is 2.45. The van der Waals surface area contributed by atoms with Crippen molar-refractivity contribution in [3.8, 4) is 23.3 Å². The standard InChI is InChI=1S/C25H22B3N9O5/c1-41-19-13(22-32-23(37-42-22)24(8-9-24)33-17(38)7-10-29)3-2-4-14(19)30-15-11-16(31-20(39)12-5-6-12)35-36-18(15)21(40)34-25(26,27)28/h2-4,11-12H,5-9H2,1H3,(H,33,38)(H,34,40)(H2,30,31,35,39). The molecule has 0 saturated heterocycles. The lowest BCUT2D eigenvalue weighted by Gasteiger charge is -2.23. The molecule has 5 rings (SSSR count). The van der Waals surface area contributed by atoms with Gasteiger partial charge in [-0.1, -0.05) is 16.5 Å². The van der Waals surface area contributed by atoms with Crippen LogP contribution >= 0.6 is 0 Å². The molecular formula is C25H22B3N9O5. The van der Waals surface area contributed by atoms with Gasteiger partial charge in [0.2, 0.25) is 11.8 Å². The van der Waals surface area contributed by atoms with Gasteiger partial charge >= 0.3 is 0 Å². The van der Waals surface area contributed by atoms with E-state index < -0.39 is 22.6 Å². The maximum atomic E-state index is 12.9. The summed E-state index contributed by atoms with van der Waals surface area (Å²) in [4.78, 5) is 41.7. The molecule has 0 bridgehead atoms. The topological polar surface area (TPSA) is 197 Å². The number of amides is 3. The second-order valence-corrected chi connectivity index (χ2v) is 10.0. The van der Waals surface area contributed by atoms with Gasteiger partial charge in [-0.25, -0.2) is 0 Å². The minimum atomic E-state index is -2.03. The molecule has 3 amide bonds. The minimum absolute atomic E-state index is 0.0935. The van der Waals surface area contributed by atoms with Crippen LogP contribution in [0.5, 0.6) is 5.75 Å². The molecule has 0 unspecified atom stereocenters. The molecule has 14 nitrogen and oxygen atoms in total. The quantitative estimate of drug-likeness (QED) is 0.238. The van der Waals surface area contributed by atoms with Crippen LogP contribution in [0.4, 0.5) is 17.2 Å². The molecule has 2 saturated carbocycles. The maximum absolute atomic E-state index is 12.9. The van der Waals surface area contributed by atoms with Crippen molar-refractivity contribution >= 4 is 58.5 Å². The fraction of sp³-hybridized carbons (Fsp3) is 0.360. The van der Waals surface area contributed by atoms with Crippen molar-refractivity contribution in [3.05, 3.63) is 35.8 Å². The molecule has 2 aromatic heterocycles. The fourth-order valence-corrected chi connectivity index (χ4v) is 4.15. The third-order valence-corrected chi connectivity index (χ3v) is 6.48. The van der Waals surface area contributed by atoms with Crippen LogP contribution in [0.25, 0.3) is 11.5 Å². The number of anilines is 3. The highest BCUT2D eigenvalue weighted by atomic mass is 16.5. The van der Waals surface area contributed by atoms with Crippen molar-refractivity contribution in [2.24, 2.45) is 5.92 Å². The molecule has 2 heterocycles. The summed E-state index contributed by atoms with van der Waals surface area (Å²) in [5, 5.41) is 29.5. The Morgan fingerprint density at radius 2 is 1.95 bits per heavy atom. The molecule has 17 heteroatoms. The van der Waals surface area contributed by atoms with Gasteiger partial charge in [-0.15, -0.1) is 10.2 Å². The van der Waals surface area contributed by atoms with Crippen molar-refractivity contribution in [1.29, 1.82) is 5.26 Å². The number of carbonyl (C=O) groups excluding carboxylic acids is 3. The van der Waals surface area contributed by atoms with E-state index >= 15 is 0 Å². The Kier molecular flexibility index (Phi) is 7.64. The smallest absolute Gasteiger partial charge is 0.272 e. The van der Waals surface area contributed by atoms with Gasteiger partial charge in [0, 0.05) is 12.0 Å². The first-order chi connectivity index (χ1) is 20.0. The van der Waals surface area contributed by atoms with Gasteiger partial charge in [0.05, 0.1) is 53.7 Å². The lowest BCUT2D eigenvalue weighted by Crippen LogP contribution is -2.50. The highest BCUT2D eigenvalue weighted by Gasteiger charge is 2.50. The summed E-state index contributed by atoms with van der Waals surface area (Å²) >= 11 is 0. The molecule has 0 aliphatic heterocycles. The van der Waals surface area contributed by atoms with Gasteiger partial charge in [0.1, 0.15) is 12.0 Å². The number of nitriles is 1. The maximum Gasteiger partial charge on any atom is 0.272 e. The predicted molar refractivity (Wildman–Crippen MR) is 150 cm³/mol. The molecule has 206 valence electrons. The molecule has 4 N–H and O–H groups in total. The molecule has 6 radical (unpaired) electrons. The number of methoxy groups -OCH3 is 1. The van der Waals surface area contributed by atoms with E-state index in [1.165, 1.54) is 13.2 Å². The van der Waals surface area contributed by atoms with Crippen molar-refractivity contribution in [2.75, 3.05) is 17.7 Å². The summed E-state index contributed by atoms with van der Waals surface area (Å²) in [6, 6.07) is 8.26. The van der Waals surface area contributed by atoms with E-state index in [1.54, 1.807) is 18.2 Å². The normalized spacial score (nSPS) is 15.1. The number of aromatic nitrogens is 4. The van der Waals surface area contributed by atoms with Gasteiger partial charge in [-0.2, -0.15) is 10.2 Å². The van der Waals surface area contributed by atoms with E-state index in [2.05, 4.69) is 41.6 Å². The first kappa shape index (κ1) is 28.7. The summed E-state index contributed by atoms with van der Waals surface area (Å²) in [5.74, 6) is -0.813. The number of hydrogen-bond acceptors (Lipinski definition) is 11. The van der Waals surface area contributed by atoms with Gasteiger partial charge < -0.3 is 30.5 Å². The summed E-state index contributed by atoms with van der Waals surface area (Å²) in [6.45, 7) is 0. The Bertz CT molecular complexity index is 1590. The van der Waals surface area contributed by atoms with E-state index in [1.807, 2.05) is 6.07 Å². The molecule has 2 aliphatic carbocycles. The van der Waals surface area contributed by atoms with Crippen molar-refractivity contribution in [2.45, 2.75) is 42.9 Å². The monoisotopic (exact) mass is 561 g/mol. The number of hydrogen-bond donors (Lipinski definition) is 4. The number of nitrogens with zero attached hydrogens (tertiary/aromatic N) is 5. The van der Waals surface area contributed by atoms with Crippen LogP contribution in [-0.4, -0.2) is 73.9 Å². The zero-order valence-electron chi connectivity index (χ0n) is 22.4. The summed E-state index contributed by atoms with van der Waals surface area (Å²) in [7, 11) is 18.0. The van der Waals surface area contributed by atoms with E-state index in [4.69, 9.17) is 38.1 Å². The lowest BCUT2D eigenvalue weighted by molar-refractivity contribution is -0.121. The van der Waals surface area contributed by atoms with Crippen molar-refractivity contribution < 1.29 is 23.6 Å². The van der Waals surface area contributed by atoms with Crippen LogP contribution in [-0.2, 0) is 15.1 Å². The Balaban J connectivity index is 1.46. The molecule has 0 atom stereocenters. The Labute approximate surface area is 244 Å². The summed E-state index contributed by atoms with van der Waals surface area (Å²) in [6.07, 6.45) is 2.47. The van der Waals surface area contributed by atoms with Crippen LogP contribution in [0, 0.1) is 17.2 Å². The molecule has 42 heavy (non-hydrogen) atoms. The number of nitrogens with one attached hydrogen (secondary N) is 4. The lowest BCUT2D eigenvalue weighted by atomic mass is 9.49. The van der Waals surface area contributed by atoms with E-state index in [0.717, 1.165) is 12.8 Å². The van der Waals surface area contributed by atoms with E-state index in [9.17, 15) is 14.4 Å². The SMILES string of the molecule is [B]C([B])([B])NC(=O)c1nnc(NC(=O)C2CC2)cc1Nc1cccc(-c2nc(C3(NC(=O)CC#N)CC3)no2)c1OC. The number of carbonyl (C=O) groups is 3. The molecule has 0 spiro atoms. The average Bonchev–Trinajstić information content (AvgIpc) is 3.86. The van der Waals surface area contributed by atoms with E-state index in [-0.39, 0.29) is 52.9 Å². The summed E-state index contributed by atoms with van der Waals surface area (Å²) in [5.41, 5.74) is -0.132. The molecule has 2 aliphatic rings. The molecule has 2 fully saturated rings. The first-order valence-corrected chi connectivity index (χ1v) is 12.9. The highest BCUT2D eigenvalue weighted by molar-refractivity contribution is 6.60. The third kappa shape index (κ3) is 6.38. The van der Waals surface area contributed by atoms with Crippen molar-refractivity contribution in [3.63, 3.8) is 0 Å².